The van der Waals surface area contributed by atoms with Crippen molar-refractivity contribution in [3.8, 4) is 5.75 Å². The van der Waals surface area contributed by atoms with Gasteiger partial charge >= 0.3 is 6.09 Å². The van der Waals surface area contributed by atoms with Gasteiger partial charge in [-0.15, -0.1) is 0 Å². The van der Waals surface area contributed by atoms with Crippen molar-refractivity contribution in [3.05, 3.63) is 58.3 Å². The lowest BCUT2D eigenvalue weighted by Crippen LogP contribution is -2.50. The summed E-state index contributed by atoms with van der Waals surface area (Å²) in [6.07, 6.45) is -1.72. The Kier molecular flexibility index (Phi) is 7.65. The number of benzene rings is 2. The van der Waals surface area contributed by atoms with Gasteiger partial charge in [0.1, 0.15) is 12.6 Å². The molecule has 3 N–H and O–H groups in total. The molecule has 1 atom stereocenters. The summed E-state index contributed by atoms with van der Waals surface area (Å²) < 4.78 is 46.4. The largest absolute Gasteiger partial charge is 0.503 e. The quantitative estimate of drug-likeness (QED) is 0.453. The third kappa shape index (κ3) is 6.38. The molecular weight excluding hydrogens is 493 g/mol. The Balaban J connectivity index is 1.73. The van der Waals surface area contributed by atoms with Crippen LogP contribution in [-0.4, -0.2) is 29.1 Å². The first-order valence-corrected chi connectivity index (χ1v) is 10.8. The first-order valence-electron chi connectivity index (χ1n) is 9.98. The van der Waals surface area contributed by atoms with Crippen LogP contribution < -0.4 is 10.6 Å². The summed E-state index contributed by atoms with van der Waals surface area (Å²) in [5.74, 6) is -5.92. The van der Waals surface area contributed by atoms with Crippen LogP contribution in [0, 0.1) is 11.7 Å². The van der Waals surface area contributed by atoms with Crippen LogP contribution in [0.2, 0.25) is 0 Å². The van der Waals surface area contributed by atoms with Gasteiger partial charge in [0, 0.05) is 17.3 Å². The van der Waals surface area contributed by atoms with Gasteiger partial charge in [-0.3, -0.25) is 4.79 Å². The molecule has 0 unspecified atom stereocenters. The smallest absolute Gasteiger partial charge is 0.408 e. The second kappa shape index (κ2) is 10.2. The Hall–Kier alpha value is -2.75. The van der Waals surface area contributed by atoms with E-state index in [4.69, 9.17) is 4.74 Å². The van der Waals surface area contributed by atoms with E-state index in [0.717, 1.165) is 11.6 Å². The summed E-state index contributed by atoms with van der Waals surface area (Å²) in [7, 11) is 0. The van der Waals surface area contributed by atoms with Crippen molar-refractivity contribution in [2.45, 2.75) is 44.3 Å². The van der Waals surface area contributed by atoms with Crippen LogP contribution >= 0.6 is 15.9 Å². The Morgan fingerprint density at radius 1 is 1.19 bits per heavy atom. The van der Waals surface area contributed by atoms with Gasteiger partial charge in [-0.2, -0.15) is 0 Å². The van der Waals surface area contributed by atoms with Gasteiger partial charge in [0.15, 0.2) is 11.6 Å². The minimum Gasteiger partial charge on any atom is -0.503 e. The molecule has 0 radical (unpaired) electrons. The minimum atomic E-state index is -2.82. The molecule has 0 heterocycles. The number of ether oxygens (including phenoxy) is 1. The molecule has 2 aromatic rings. The van der Waals surface area contributed by atoms with Gasteiger partial charge in [0.05, 0.1) is 5.69 Å². The fourth-order valence-corrected chi connectivity index (χ4v) is 3.99. The Bertz CT molecular complexity index is 965. The molecule has 0 aliphatic heterocycles. The molecule has 0 spiro atoms. The Labute approximate surface area is 191 Å². The molecule has 172 valence electrons. The molecule has 32 heavy (non-hydrogen) atoms. The number of anilines is 1. The standard InChI is InChI=1S/C22H22BrF3N2O4/c23-15-10-16(24)19(29)17(11-15)27-20(30)18(14-6-8-22(25,26)9-7-14)28-21(31)32-12-13-4-2-1-3-5-13/h1-5,10-11,14,18,29H,6-9,12H2,(H,27,30)(H,28,31)/t18-/m0/s1. The predicted molar refractivity (Wildman–Crippen MR) is 115 cm³/mol. The van der Waals surface area contributed by atoms with Gasteiger partial charge in [-0.25, -0.2) is 18.0 Å². The average molecular weight is 515 g/mol. The van der Waals surface area contributed by atoms with E-state index in [-0.39, 0.29) is 29.6 Å². The maximum Gasteiger partial charge on any atom is 0.408 e. The van der Waals surface area contributed by atoms with E-state index in [9.17, 15) is 27.9 Å². The molecule has 0 saturated heterocycles. The second-order valence-corrected chi connectivity index (χ2v) is 8.57. The molecule has 1 saturated carbocycles. The summed E-state index contributed by atoms with van der Waals surface area (Å²) in [4.78, 5) is 25.3. The number of carbonyl (C=O) groups excluding carboxylic acids is 2. The first kappa shape index (κ1) is 23.9. The highest BCUT2D eigenvalue weighted by atomic mass is 79.9. The summed E-state index contributed by atoms with van der Waals surface area (Å²) >= 11 is 3.07. The minimum absolute atomic E-state index is 0.00286. The molecule has 0 bridgehead atoms. The van der Waals surface area contributed by atoms with Crippen molar-refractivity contribution in [2.24, 2.45) is 5.92 Å². The highest BCUT2D eigenvalue weighted by Crippen LogP contribution is 2.38. The van der Waals surface area contributed by atoms with E-state index in [1.54, 1.807) is 24.3 Å². The van der Waals surface area contributed by atoms with E-state index in [2.05, 4.69) is 26.6 Å². The molecular formula is C22H22BrF3N2O4. The molecule has 1 fully saturated rings. The maximum absolute atomic E-state index is 13.8. The number of carbonyl (C=O) groups is 2. The van der Waals surface area contributed by atoms with Crippen molar-refractivity contribution >= 4 is 33.6 Å². The molecule has 0 aromatic heterocycles. The van der Waals surface area contributed by atoms with Crippen molar-refractivity contribution in [2.75, 3.05) is 5.32 Å². The summed E-state index contributed by atoms with van der Waals surface area (Å²) in [5.41, 5.74) is 0.517. The van der Waals surface area contributed by atoms with Crippen LogP contribution in [0.1, 0.15) is 31.2 Å². The van der Waals surface area contributed by atoms with Gasteiger partial charge in [-0.1, -0.05) is 46.3 Å². The number of alkyl carbamates (subject to hydrolysis) is 1. The van der Waals surface area contributed by atoms with E-state index < -0.39 is 54.3 Å². The zero-order valence-electron chi connectivity index (χ0n) is 16.9. The lowest BCUT2D eigenvalue weighted by Gasteiger charge is -2.33. The molecule has 2 aromatic carbocycles. The van der Waals surface area contributed by atoms with Crippen LogP contribution in [0.25, 0.3) is 0 Å². The number of hydrogen-bond acceptors (Lipinski definition) is 4. The number of halogens is 4. The molecule has 1 aliphatic rings. The first-order chi connectivity index (χ1) is 15.1. The lowest BCUT2D eigenvalue weighted by atomic mass is 9.81. The fraction of sp³-hybridized carbons (Fsp3) is 0.364. The normalized spacial score (nSPS) is 16.8. The number of hydrogen-bond donors (Lipinski definition) is 3. The van der Waals surface area contributed by atoms with Crippen molar-refractivity contribution < 1.29 is 32.6 Å². The van der Waals surface area contributed by atoms with Crippen molar-refractivity contribution in [1.82, 2.24) is 5.32 Å². The van der Waals surface area contributed by atoms with Crippen LogP contribution in [0.5, 0.6) is 5.75 Å². The zero-order valence-corrected chi connectivity index (χ0v) is 18.5. The number of aromatic hydroxyl groups is 1. The predicted octanol–water partition coefficient (Wildman–Crippen LogP) is 5.35. The summed E-state index contributed by atoms with van der Waals surface area (Å²) in [6.45, 7) is -0.0403. The van der Waals surface area contributed by atoms with Crippen LogP contribution in [-0.2, 0) is 16.1 Å². The zero-order chi connectivity index (χ0) is 23.3. The molecule has 1 aliphatic carbocycles. The fourth-order valence-electron chi connectivity index (χ4n) is 3.56. The van der Waals surface area contributed by atoms with Gasteiger partial charge in [0.2, 0.25) is 11.8 Å². The Morgan fingerprint density at radius 3 is 2.50 bits per heavy atom. The monoisotopic (exact) mass is 514 g/mol. The summed E-state index contributed by atoms with van der Waals surface area (Å²) in [6, 6.07) is 9.97. The van der Waals surface area contributed by atoms with Gasteiger partial charge in [0.25, 0.3) is 0 Å². The van der Waals surface area contributed by atoms with Crippen molar-refractivity contribution in [3.63, 3.8) is 0 Å². The topological polar surface area (TPSA) is 87.7 Å². The number of phenolic OH excluding ortho intramolecular Hbond substituents is 1. The maximum atomic E-state index is 13.8. The van der Waals surface area contributed by atoms with Gasteiger partial charge < -0.3 is 20.5 Å². The highest BCUT2D eigenvalue weighted by Gasteiger charge is 2.40. The number of phenols is 1. The number of amides is 2. The third-order valence-electron chi connectivity index (χ3n) is 5.29. The molecule has 10 heteroatoms. The summed E-state index contributed by atoms with van der Waals surface area (Å²) in [5, 5.41) is 14.7. The molecule has 3 rings (SSSR count). The SMILES string of the molecule is O=C(N[C@H](C(=O)Nc1cc(Br)cc(F)c1O)C1CCC(F)(F)CC1)OCc1ccccc1. The van der Waals surface area contributed by atoms with E-state index in [1.807, 2.05) is 6.07 Å². The van der Waals surface area contributed by atoms with Gasteiger partial charge in [-0.05, 0) is 36.5 Å². The number of rotatable bonds is 6. The second-order valence-electron chi connectivity index (χ2n) is 7.65. The van der Waals surface area contributed by atoms with Crippen LogP contribution in [0.4, 0.5) is 23.7 Å². The number of alkyl halides is 2. The molecule has 2 amide bonds. The number of nitrogens with one attached hydrogen (secondary N) is 2. The van der Waals surface area contributed by atoms with E-state index >= 15 is 0 Å². The van der Waals surface area contributed by atoms with Crippen LogP contribution in [0.15, 0.2) is 46.9 Å². The van der Waals surface area contributed by atoms with Crippen molar-refractivity contribution in [1.29, 1.82) is 0 Å². The average Bonchev–Trinajstić information content (AvgIpc) is 2.75. The molecule has 6 nitrogen and oxygen atoms in total. The van der Waals surface area contributed by atoms with E-state index in [0.29, 0.717) is 0 Å². The highest BCUT2D eigenvalue weighted by molar-refractivity contribution is 9.10. The lowest BCUT2D eigenvalue weighted by molar-refractivity contribution is -0.121. The third-order valence-corrected chi connectivity index (χ3v) is 5.75. The Morgan fingerprint density at radius 2 is 1.84 bits per heavy atom. The van der Waals surface area contributed by atoms with E-state index in [1.165, 1.54) is 6.07 Å². The van der Waals surface area contributed by atoms with Crippen LogP contribution in [0.3, 0.4) is 0 Å².